The Bertz CT molecular complexity index is 205. The van der Waals surface area contributed by atoms with Crippen LogP contribution in [-0.2, 0) is 6.42 Å². The van der Waals surface area contributed by atoms with E-state index in [1.54, 1.807) is 12.1 Å². The van der Waals surface area contributed by atoms with E-state index < -0.39 is 0 Å². The van der Waals surface area contributed by atoms with Crippen molar-refractivity contribution >= 4 is 0 Å². The van der Waals surface area contributed by atoms with Gasteiger partial charge < -0.3 is 4.74 Å². The van der Waals surface area contributed by atoms with Gasteiger partial charge in [0.2, 0.25) is 0 Å². The molecule has 1 N–H and O–H groups in total. The van der Waals surface area contributed by atoms with E-state index in [4.69, 9.17) is 0 Å². The Hall–Kier alpha value is -0.890. The summed E-state index contributed by atoms with van der Waals surface area (Å²) in [5.74, 6) is -0.194. The highest BCUT2D eigenvalue weighted by Gasteiger charge is 1.92. The largest absolute Gasteiger partial charge is 0.581 e. The maximum Gasteiger partial charge on any atom is 0.123 e. The van der Waals surface area contributed by atoms with Crippen LogP contribution >= 0.6 is 0 Å². The van der Waals surface area contributed by atoms with Crippen LogP contribution in [0.3, 0.4) is 0 Å². The average Bonchev–Trinajstić information content (AvgIpc) is 2.04. The Morgan fingerprint density at radius 2 is 1.91 bits per heavy atom. The fourth-order valence-corrected chi connectivity index (χ4v) is 0.859. The van der Waals surface area contributed by atoms with Crippen LogP contribution < -0.4 is 0 Å². The summed E-state index contributed by atoms with van der Waals surface area (Å²) in [5, 5.41) is 0. The van der Waals surface area contributed by atoms with Gasteiger partial charge in [-0.05, 0) is 17.7 Å². The molecule has 0 fully saturated rings. The minimum Gasteiger partial charge on any atom is -0.581 e. The predicted octanol–water partition coefficient (Wildman–Crippen LogP) is 1.69. The molecule has 1 nitrogen and oxygen atoms in total. The molecule has 0 atom stereocenters. The zero-order valence-corrected chi connectivity index (χ0v) is 6.26. The lowest BCUT2D eigenvalue weighted by molar-refractivity contribution is 0.0592. The Labute approximate surface area is 65.8 Å². The number of hydrogen-bond acceptors (Lipinski definition) is 0. The number of hydrogen-bond donors (Lipinski definition) is 0. The van der Waals surface area contributed by atoms with Gasteiger partial charge in [0.1, 0.15) is 12.4 Å². The third-order valence-corrected chi connectivity index (χ3v) is 1.47. The van der Waals surface area contributed by atoms with Crippen molar-refractivity contribution in [2.45, 2.75) is 6.42 Å². The molecule has 0 bridgehead atoms. The highest BCUT2D eigenvalue weighted by Crippen LogP contribution is 2.02. The van der Waals surface area contributed by atoms with Gasteiger partial charge in [0.15, 0.2) is 0 Å². The molecule has 2 heteroatoms. The van der Waals surface area contributed by atoms with Gasteiger partial charge in [0, 0.05) is 6.42 Å². The highest BCUT2D eigenvalue weighted by atomic mass is 19.1. The second kappa shape index (κ2) is 4.09. The van der Waals surface area contributed by atoms with Gasteiger partial charge in [-0.15, -0.1) is 0 Å². The fraction of sp³-hybridized carbons (Fsp3) is 0.222. The molecule has 0 saturated heterocycles. The topological polar surface area (TPSA) is 12.8 Å². The van der Waals surface area contributed by atoms with Crippen molar-refractivity contribution in [3.05, 3.63) is 42.8 Å². The van der Waals surface area contributed by atoms with Gasteiger partial charge in [-0.1, -0.05) is 19.2 Å². The first-order valence-electron chi connectivity index (χ1n) is 3.50. The molecule has 0 aliphatic carbocycles. The molecule has 11 heavy (non-hydrogen) atoms. The molecule has 1 aromatic carbocycles. The van der Waals surface area contributed by atoms with E-state index in [2.05, 4.69) is 11.8 Å². The van der Waals surface area contributed by atoms with Crippen LogP contribution in [0.1, 0.15) is 5.56 Å². The number of rotatable bonds is 3. The molecule has 60 valence electrons. The molecule has 0 aliphatic rings. The first kappa shape index (κ1) is 8.21. The summed E-state index contributed by atoms with van der Waals surface area (Å²) in [6, 6.07) is 6.44. The molecule has 0 amide bonds. The summed E-state index contributed by atoms with van der Waals surface area (Å²) < 4.78 is 16.1. The standard InChI is InChI=1S/C9H11FO/c1-11-7-6-8-2-4-9(10)5-3-8/h2-5,11H,1,6-7H2. The number of ether oxygens (including phenoxy) is 1. The maximum absolute atomic E-state index is 12.4. The van der Waals surface area contributed by atoms with Crippen LogP contribution in [0.5, 0.6) is 0 Å². The summed E-state index contributed by atoms with van der Waals surface area (Å²) >= 11 is 0. The molecule has 0 aliphatic heterocycles. The highest BCUT2D eigenvalue weighted by molar-refractivity contribution is 5.15. The molecule has 0 radical (unpaired) electrons. The molecule has 1 rings (SSSR count). The van der Waals surface area contributed by atoms with Crippen molar-refractivity contribution in [1.82, 2.24) is 0 Å². The van der Waals surface area contributed by atoms with E-state index in [1.807, 2.05) is 0 Å². The van der Waals surface area contributed by atoms with Crippen molar-refractivity contribution in [2.24, 2.45) is 0 Å². The van der Waals surface area contributed by atoms with E-state index in [0.29, 0.717) is 6.61 Å². The molecule has 0 unspecified atom stereocenters. The predicted molar refractivity (Wildman–Crippen MR) is 42.5 cm³/mol. The summed E-state index contributed by atoms with van der Waals surface area (Å²) in [7, 11) is 3.37. The lowest BCUT2D eigenvalue weighted by Gasteiger charge is -2.00. The minimum absolute atomic E-state index is 0.194. The summed E-state index contributed by atoms with van der Waals surface area (Å²) in [6.07, 6.45) is 0.837. The molecule has 0 saturated carbocycles. The van der Waals surface area contributed by atoms with Gasteiger partial charge in [-0.25, -0.2) is 4.39 Å². The van der Waals surface area contributed by atoms with Gasteiger partial charge in [0.25, 0.3) is 0 Å². The average molecular weight is 154 g/mol. The molecule has 0 spiro atoms. The maximum atomic E-state index is 12.4. The zero-order valence-electron chi connectivity index (χ0n) is 6.26. The van der Waals surface area contributed by atoms with Crippen LogP contribution in [0.4, 0.5) is 4.39 Å². The van der Waals surface area contributed by atoms with Gasteiger partial charge in [-0.3, -0.25) is 0 Å². The fourth-order valence-electron chi connectivity index (χ4n) is 0.859. The molecular formula is C9H11FO. The lowest BCUT2D eigenvalue weighted by Crippen LogP contribution is -1.96. The normalized spacial score (nSPS) is 10.0. The Kier molecular flexibility index (Phi) is 3.05. The van der Waals surface area contributed by atoms with E-state index in [9.17, 15) is 4.39 Å². The van der Waals surface area contributed by atoms with E-state index in [-0.39, 0.29) is 5.82 Å². The number of benzene rings is 1. The van der Waals surface area contributed by atoms with Gasteiger partial charge >= 0.3 is 0 Å². The number of aliphatic hydroxyl groups is 2. The Morgan fingerprint density at radius 1 is 1.27 bits per heavy atom. The van der Waals surface area contributed by atoms with Crippen LogP contribution in [-0.4, -0.2) is 11.3 Å². The van der Waals surface area contributed by atoms with E-state index in [0.717, 1.165) is 12.0 Å². The van der Waals surface area contributed by atoms with Gasteiger partial charge in [-0.2, -0.15) is 0 Å². The smallest absolute Gasteiger partial charge is 0.123 e. The zero-order chi connectivity index (χ0) is 8.10. The second-order valence-corrected chi connectivity index (χ2v) is 2.32. The second-order valence-electron chi connectivity index (χ2n) is 2.32. The van der Waals surface area contributed by atoms with Crippen LogP contribution in [0.2, 0.25) is 0 Å². The SMILES string of the molecule is [CH2-][OH+]CCc1ccc(F)cc1. The van der Waals surface area contributed by atoms with Crippen LogP contribution in [0.15, 0.2) is 24.3 Å². The molecule has 0 aromatic heterocycles. The summed E-state index contributed by atoms with van der Waals surface area (Å²) in [5.41, 5.74) is 1.10. The van der Waals surface area contributed by atoms with Crippen LogP contribution in [0.25, 0.3) is 0 Å². The third kappa shape index (κ3) is 2.68. The minimum atomic E-state index is -0.194. The Balaban J connectivity index is 2.52. The van der Waals surface area contributed by atoms with Crippen molar-refractivity contribution in [1.29, 1.82) is 0 Å². The van der Waals surface area contributed by atoms with Crippen molar-refractivity contribution in [2.75, 3.05) is 6.61 Å². The summed E-state index contributed by atoms with van der Waals surface area (Å²) in [4.78, 5) is 0. The number of halogens is 1. The van der Waals surface area contributed by atoms with E-state index >= 15 is 0 Å². The lowest BCUT2D eigenvalue weighted by atomic mass is 10.2. The Morgan fingerprint density at radius 3 is 2.45 bits per heavy atom. The van der Waals surface area contributed by atoms with Crippen LogP contribution in [0, 0.1) is 12.9 Å². The molecular weight excluding hydrogens is 143 g/mol. The third-order valence-electron chi connectivity index (χ3n) is 1.47. The molecule has 1 aromatic rings. The van der Waals surface area contributed by atoms with E-state index in [1.165, 1.54) is 12.1 Å². The molecule has 0 heterocycles. The quantitative estimate of drug-likeness (QED) is 0.464. The first-order chi connectivity index (χ1) is 5.33. The van der Waals surface area contributed by atoms with Crippen molar-refractivity contribution < 1.29 is 9.13 Å². The van der Waals surface area contributed by atoms with Gasteiger partial charge in [0.05, 0.1) is 0 Å². The monoisotopic (exact) mass is 154 g/mol. The summed E-state index contributed by atoms with van der Waals surface area (Å²) in [6.45, 7) is 0.700. The first-order valence-corrected chi connectivity index (χ1v) is 3.50. The van der Waals surface area contributed by atoms with Crippen molar-refractivity contribution in [3.8, 4) is 0 Å². The van der Waals surface area contributed by atoms with Crippen molar-refractivity contribution in [3.63, 3.8) is 0 Å².